The molecular weight excluding hydrogens is 126 g/mol. The lowest BCUT2D eigenvalue weighted by atomic mass is 10.1. The molecule has 1 saturated carbocycles. The van der Waals surface area contributed by atoms with E-state index in [0.29, 0.717) is 6.42 Å². The Morgan fingerprint density at radius 3 is 2.70 bits per heavy atom. The minimum Gasteiger partial charge on any atom is -0.322 e. The van der Waals surface area contributed by atoms with Crippen molar-refractivity contribution in [3.63, 3.8) is 0 Å². The standard InChI is InChI=1S/C8H15NO/c1-6(9)8(10)5-4-7-2-3-7/h6-7H,2-5,9H2,1H3/t6-/m0/s1. The highest BCUT2D eigenvalue weighted by Crippen LogP contribution is 2.33. The second kappa shape index (κ2) is 3.15. The first-order valence-electron chi connectivity index (χ1n) is 3.98. The number of ketones is 1. The lowest BCUT2D eigenvalue weighted by molar-refractivity contribution is -0.120. The first-order valence-corrected chi connectivity index (χ1v) is 3.98. The molecule has 1 aliphatic rings. The Morgan fingerprint density at radius 2 is 2.30 bits per heavy atom. The molecule has 10 heavy (non-hydrogen) atoms. The van der Waals surface area contributed by atoms with Crippen molar-refractivity contribution in [3.05, 3.63) is 0 Å². The number of rotatable bonds is 4. The third-order valence-electron chi connectivity index (χ3n) is 2.00. The predicted octanol–water partition coefficient (Wildman–Crippen LogP) is 1.09. The van der Waals surface area contributed by atoms with Crippen LogP contribution >= 0.6 is 0 Å². The topological polar surface area (TPSA) is 43.1 Å². The van der Waals surface area contributed by atoms with Gasteiger partial charge in [0.15, 0.2) is 0 Å². The molecular formula is C8H15NO. The summed E-state index contributed by atoms with van der Waals surface area (Å²) < 4.78 is 0. The first kappa shape index (κ1) is 7.73. The van der Waals surface area contributed by atoms with Gasteiger partial charge in [-0.2, -0.15) is 0 Å². The maximum atomic E-state index is 11.0. The van der Waals surface area contributed by atoms with Gasteiger partial charge in [-0.05, 0) is 19.3 Å². The predicted molar refractivity (Wildman–Crippen MR) is 40.6 cm³/mol. The Kier molecular flexibility index (Phi) is 2.44. The maximum Gasteiger partial charge on any atom is 0.149 e. The van der Waals surface area contributed by atoms with Gasteiger partial charge in [0.05, 0.1) is 6.04 Å². The molecule has 0 bridgehead atoms. The Morgan fingerprint density at radius 1 is 1.70 bits per heavy atom. The normalized spacial score (nSPS) is 20.6. The third-order valence-corrected chi connectivity index (χ3v) is 2.00. The molecule has 0 unspecified atom stereocenters. The average molecular weight is 141 g/mol. The van der Waals surface area contributed by atoms with Crippen LogP contribution in [0.3, 0.4) is 0 Å². The molecule has 1 fully saturated rings. The Balaban J connectivity index is 2.05. The molecule has 0 aromatic heterocycles. The van der Waals surface area contributed by atoms with Crippen LogP contribution in [0.15, 0.2) is 0 Å². The lowest BCUT2D eigenvalue weighted by Crippen LogP contribution is -2.26. The maximum absolute atomic E-state index is 11.0. The highest BCUT2D eigenvalue weighted by molar-refractivity contribution is 5.83. The monoisotopic (exact) mass is 141 g/mol. The summed E-state index contributed by atoms with van der Waals surface area (Å²) >= 11 is 0. The van der Waals surface area contributed by atoms with Gasteiger partial charge < -0.3 is 5.73 Å². The second-order valence-electron chi connectivity index (χ2n) is 3.24. The Bertz CT molecular complexity index is 127. The molecule has 0 spiro atoms. The second-order valence-corrected chi connectivity index (χ2v) is 3.24. The summed E-state index contributed by atoms with van der Waals surface area (Å²) in [4.78, 5) is 11.0. The summed E-state index contributed by atoms with van der Waals surface area (Å²) in [6, 6.07) is -0.251. The van der Waals surface area contributed by atoms with Gasteiger partial charge in [-0.25, -0.2) is 0 Å². The van der Waals surface area contributed by atoms with Crippen LogP contribution in [-0.2, 0) is 4.79 Å². The number of carbonyl (C=O) groups is 1. The molecule has 2 N–H and O–H groups in total. The Labute approximate surface area is 61.8 Å². The van der Waals surface area contributed by atoms with Gasteiger partial charge in [0, 0.05) is 6.42 Å². The van der Waals surface area contributed by atoms with Crippen molar-refractivity contribution < 1.29 is 4.79 Å². The van der Waals surface area contributed by atoms with Crippen molar-refractivity contribution in [1.82, 2.24) is 0 Å². The van der Waals surface area contributed by atoms with Gasteiger partial charge in [0.1, 0.15) is 5.78 Å². The molecule has 0 aliphatic heterocycles. The van der Waals surface area contributed by atoms with Gasteiger partial charge in [-0.1, -0.05) is 12.8 Å². The number of carbonyl (C=O) groups excluding carboxylic acids is 1. The van der Waals surface area contributed by atoms with Gasteiger partial charge in [0.25, 0.3) is 0 Å². The zero-order chi connectivity index (χ0) is 7.56. The number of Topliss-reactive ketones (excluding diaryl/α,β-unsaturated/α-hetero) is 1. The molecule has 1 aliphatic carbocycles. The van der Waals surface area contributed by atoms with Gasteiger partial charge in [-0.3, -0.25) is 4.79 Å². The van der Waals surface area contributed by atoms with Gasteiger partial charge in [0.2, 0.25) is 0 Å². The Hall–Kier alpha value is -0.370. The highest BCUT2D eigenvalue weighted by atomic mass is 16.1. The van der Waals surface area contributed by atoms with Crippen LogP contribution in [0.5, 0.6) is 0 Å². The molecule has 2 heteroatoms. The lowest BCUT2D eigenvalue weighted by Gasteiger charge is -2.01. The van der Waals surface area contributed by atoms with E-state index in [1.54, 1.807) is 6.92 Å². The van der Waals surface area contributed by atoms with E-state index in [1.165, 1.54) is 12.8 Å². The number of hydrogen-bond donors (Lipinski definition) is 1. The fourth-order valence-electron chi connectivity index (χ4n) is 0.981. The molecule has 0 aromatic carbocycles. The molecule has 0 radical (unpaired) electrons. The largest absolute Gasteiger partial charge is 0.322 e. The molecule has 2 nitrogen and oxygen atoms in total. The van der Waals surface area contributed by atoms with E-state index < -0.39 is 0 Å². The van der Waals surface area contributed by atoms with E-state index in [4.69, 9.17) is 5.73 Å². The zero-order valence-electron chi connectivity index (χ0n) is 6.47. The van der Waals surface area contributed by atoms with Crippen molar-refractivity contribution >= 4 is 5.78 Å². The van der Waals surface area contributed by atoms with Crippen LogP contribution in [0, 0.1) is 5.92 Å². The molecule has 0 heterocycles. The number of nitrogens with two attached hydrogens (primary N) is 1. The molecule has 1 atom stereocenters. The quantitative estimate of drug-likeness (QED) is 0.637. The van der Waals surface area contributed by atoms with Crippen LogP contribution in [0.2, 0.25) is 0 Å². The van der Waals surface area contributed by atoms with Crippen molar-refractivity contribution in [2.45, 2.75) is 38.6 Å². The average Bonchev–Trinajstić information content (AvgIpc) is 2.64. The minimum absolute atomic E-state index is 0.215. The van der Waals surface area contributed by atoms with E-state index >= 15 is 0 Å². The van der Waals surface area contributed by atoms with Crippen molar-refractivity contribution in [3.8, 4) is 0 Å². The fraction of sp³-hybridized carbons (Fsp3) is 0.875. The minimum atomic E-state index is -0.251. The van der Waals surface area contributed by atoms with Crippen molar-refractivity contribution in [1.29, 1.82) is 0 Å². The van der Waals surface area contributed by atoms with Crippen LogP contribution in [-0.4, -0.2) is 11.8 Å². The summed E-state index contributed by atoms with van der Waals surface area (Å²) in [7, 11) is 0. The van der Waals surface area contributed by atoms with Gasteiger partial charge in [-0.15, -0.1) is 0 Å². The van der Waals surface area contributed by atoms with E-state index in [0.717, 1.165) is 12.3 Å². The van der Waals surface area contributed by atoms with Gasteiger partial charge >= 0.3 is 0 Å². The zero-order valence-corrected chi connectivity index (χ0v) is 6.47. The summed E-state index contributed by atoms with van der Waals surface area (Å²) in [6.45, 7) is 1.76. The smallest absolute Gasteiger partial charge is 0.149 e. The summed E-state index contributed by atoms with van der Waals surface area (Å²) in [6.07, 6.45) is 4.42. The van der Waals surface area contributed by atoms with E-state index in [-0.39, 0.29) is 11.8 Å². The van der Waals surface area contributed by atoms with Crippen molar-refractivity contribution in [2.75, 3.05) is 0 Å². The van der Waals surface area contributed by atoms with Crippen molar-refractivity contribution in [2.24, 2.45) is 11.7 Å². The van der Waals surface area contributed by atoms with Crippen LogP contribution in [0.25, 0.3) is 0 Å². The van der Waals surface area contributed by atoms with Crippen LogP contribution in [0.1, 0.15) is 32.6 Å². The summed E-state index contributed by atoms with van der Waals surface area (Å²) in [5, 5.41) is 0. The van der Waals surface area contributed by atoms with E-state index in [2.05, 4.69) is 0 Å². The molecule has 1 rings (SSSR count). The molecule has 58 valence electrons. The third kappa shape index (κ3) is 2.48. The van der Waals surface area contributed by atoms with Crippen LogP contribution in [0.4, 0.5) is 0 Å². The highest BCUT2D eigenvalue weighted by Gasteiger charge is 2.22. The molecule has 0 saturated heterocycles. The summed E-state index contributed by atoms with van der Waals surface area (Å²) in [5.41, 5.74) is 5.39. The van der Waals surface area contributed by atoms with E-state index in [1.807, 2.05) is 0 Å². The molecule has 0 amide bonds. The summed E-state index contributed by atoms with van der Waals surface area (Å²) in [5.74, 6) is 1.06. The van der Waals surface area contributed by atoms with Crippen LogP contribution < -0.4 is 5.73 Å². The number of hydrogen-bond acceptors (Lipinski definition) is 2. The molecule has 0 aromatic rings. The van der Waals surface area contributed by atoms with E-state index in [9.17, 15) is 4.79 Å². The SMILES string of the molecule is C[C@H](N)C(=O)CCC1CC1. The first-order chi connectivity index (χ1) is 4.70. The fourth-order valence-corrected chi connectivity index (χ4v) is 0.981.